The lowest BCUT2D eigenvalue weighted by atomic mass is 10.2. The van der Waals surface area contributed by atoms with Crippen LogP contribution in [0, 0.1) is 10.1 Å². The Morgan fingerprint density at radius 1 is 0.966 bits per heavy atom. The van der Waals surface area contributed by atoms with E-state index in [1.807, 2.05) is 0 Å². The number of anilines is 2. The van der Waals surface area contributed by atoms with Crippen LogP contribution in [-0.4, -0.2) is 19.2 Å². The standard InChI is InChI=1S/C19H14ClN3O5S/c20-17-9-1-2-10-18(17)22-29(27,28)16-8-3-5-13(11-16)19(24)21-14-6-4-7-15(12-14)23(25)26/h1-12,22H,(H,21,24). The van der Waals surface area contributed by atoms with E-state index in [9.17, 15) is 23.3 Å². The molecule has 0 unspecified atom stereocenters. The summed E-state index contributed by atoms with van der Waals surface area (Å²) in [5.41, 5.74) is 0.314. The fraction of sp³-hybridized carbons (Fsp3) is 0. The Morgan fingerprint density at radius 3 is 2.41 bits per heavy atom. The molecule has 0 atom stereocenters. The first-order valence-corrected chi connectivity index (χ1v) is 10.1. The van der Waals surface area contributed by atoms with Gasteiger partial charge in [0.2, 0.25) is 0 Å². The van der Waals surface area contributed by atoms with Crippen LogP contribution in [0.3, 0.4) is 0 Å². The van der Waals surface area contributed by atoms with Gasteiger partial charge in [0.15, 0.2) is 0 Å². The first-order chi connectivity index (χ1) is 13.8. The molecule has 0 saturated carbocycles. The molecule has 0 aromatic heterocycles. The molecule has 0 aliphatic rings. The lowest BCUT2D eigenvalue weighted by Gasteiger charge is -2.11. The summed E-state index contributed by atoms with van der Waals surface area (Å²) in [5, 5.41) is 13.6. The highest BCUT2D eigenvalue weighted by molar-refractivity contribution is 7.92. The Morgan fingerprint density at radius 2 is 1.69 bits per heavy atom. The Labute approximate surface area is 171 Å². The number of carbonyl (C=O) groups excluding carboxylic acids is 1. The Bertz CT molecular complexity index is 1200. The first-order valence-electron chi connectivity index (χ1n) is 8.19. The highest BCUT2D eigenvalue weighted by Gasteiger charge is 2.18. The first kappa shape index (κ1) is 20.3. The third kappa shape index (κ3) is 4.89. The summed E-state index contributed by atoms with van der Waals surface area (Å²) in [5.74, 6) is -0.611. The summed E-state index contributed by atoms with van der Waals surface area (Å²) >= 11 is 5.99. The molecule has 1 amide bonds. The van der Waals surface area contributed by atoms with Crippen LogP contribution < -0.4 is 10.0 Å². The van der Waals surface area contributed by atoms with Crippen molar-refractivity contribution in [1.82, 2.24) is 0 Å². The molecule has 0 spiro atoms. The zero-order valence-electron chi connectivity index (χ0n) is 14.7. The van der Waals surface area contributed by atoms with Gasteiger partial charge in [0, 0.05) is 23.4 Å². The predicted molar refractivity (Wildman–Crippen MR) is 110 cm³/mol. The topological polar surface area (TPSA) is 118 Å². The SMILES string of the molecule is O=C(Nc1cccc([N+](=O)[O-])c1)c1cccc(S(=O)(=O)Nc2ccccc2Cl)c1. The van der Waals surface area contributed by atoms with Crippen LogP contribution >= 0.6 is 11.6 Å². The molecule has 0 saturated heterocycles. The molecule has 10 heteroatoms. The number of hydrogen-bond donors (Lipinski definition) is 2. The predicted octanol–water partition coefficient (Wildman–Crippen LogP) is 4.30. The van der Waals surface area contributed by atoms with Crippen LogP contribution in [0.25, 0.3) is 0 Å². The molecular formula is C19H14ClN3O5S. The van der Waals surface area contributed by atoms with E-state index >= 15 is 0 Å². The van der Waals surface area contributed by atoms with Crippen molar-refractivity contribution >= 4 is 44.6 Å². The number of carbonyl (C=O) groups is 1. The third-order valence-corrected chi connectivity index (χ3v) is 5.53. The molecule has 3 rings (SSSR count). The van der Waals surface area contributed by atoms with Gasteiger partial charge in [-0.25, -0.2) is 8.42 Å². The quantitative estimate of drug-likeness (QED) is 0.445. The highest BCUT2D eigenvalue weighted by Crippen LogP contribution is 2.24. The number of non-ortho nitro benzene ring substituents is 1. The maximum atomic E-state index is 12.6. The van der Waals surface area contributed by atoms with Crippen LogP contribution in [0.1, 0.15) is 10.4 Å². The third-order valence-electron chi connectivity index (χ3n) is 3.84. The Balaban J connectivity index is 1.83. The summed E-state index contributed by atoms with van der Waals surface area (Å²) in [4.78, 5) is 22.6. The van der Waals surface area contributed by atoms with E-state index in [4.69, 9.17) is 11.6 Å². The summed E-state index contributed by atoms with van der Waals surface area (Å²) < 4.78 is 27.6. The van der Waals surface area contributed by atoms with Gasteiger partial charge in [-0.2, -0.15) is 0 Å². The molecule has 0 radical (unpaired) electrons. The fourth-order valence-corrected chi connectivity index (χ4v) is 3.82. The smallest absolute Gasteiger partial charge is 0.271 e. The maximum absolute atomic E-state index is 12.6. The fourth-order valence-electron chi connectivity index (χ4n) is 2.45. The number of nitrogens with zero attached hydrogens (tertiary/aromatic N) is 1. The molecule has 2 N–H and O–H groups in total. The van der Waals surface area contributed by atoms with Gasteiger partial charge in [-0.1, -0.05) is 35.9 Å². The van der Waals surface area contributed by atoms with Crippen LogP contribution in [0.2, 0.25) is 5.02 Å². The van der Waals surface area contributed by atoms with Crippen LogP contribution in [0.5, 0.6) is 0 Å². The molecular weight excluding hydrogens is 418 g/mol. The van der Waals surface area contributed by atoms with Gasteiger partial charge in [0.25, 0.3) is 21.6 Å². The average molecular weight is 432 g/mol. The van der Waals surface area contributed by atoms with E-state index in [1.165, 1.54) is 54.6 Å². The van der Waals surface area contributed by atoms with E-state index < -0.39 is 20.9 Å². The molecule has 0 heterocycles. The second-order valence-electron chi connectivity index (χ2n) is 5.87. The minimum absolute atomic E-state index is 0.0681. The van der Waals surface area contributed by atoms with Gasteiger partial charge in [-0.05, 0) is 36.4 Å². The number of nitrogens with one attached hydrogen (secondary N) is 2. The van der Waals surface area contributed by atoms with Crippen molar-refractivity contribution in [3.8, 4) is 0 Å². The van der Waals surface area contributed by atoms with E-state index in [0.717, 1.165) is 0 Å². The lowest BCUT2D eigenvalue weighted by Crippen LogP contribution is -2.16. The Hall–Kier alpha value is -3.43. The van der Waals surface area contributed by atoms with Gasteiger partial charge in [0.1, 0.15) is 0 Å². The van der Waals surface area contributed by atoms with Crippen molar-refractivity contribution < 1.29 is 18.1 Å². The molecule has 8 nitrogen and oxygen atoms in total. The monoisotopic (exact) mass is 431 g/mol. The summed E-state index contributed by atoms with van der Waals surface area (Å²) in [7, 11) is -3.99. The molecule has 0 aliphatic heterocycles. The molecule has 29 heavy (non-hydrogen) atoms. The minimum atomic E-state index is -3.99. The van der Waals surface area contributed by atoms with Crippen LogP contribution in [0.15, 0.2) is 77.7 Å². The number of rotatable bonds is 6. The lowest BCUT2D eigenvalue weighted by molar-refractivity contribution is -0.384. The largest absolute Gasteiger partial charge is 0.322 e. The summed E-state index contributed by atoms with van der Waals surface area (Å²) in [6, 6.07) is 17.2. The van der Waals surface area contributed by atoms with Gasteiger partial charge in [0.05, 0.1) is 20.5 Å². The van der Waals surface area contributed by atoms with E-state index in [2.05, 4.69) is 10.0 Å². The summed E-state index contributed by atoms with van der Waals surface area (Å²) in [6.45, 7) is 0. The normalized spacial score (nSPS) is 10.9. The van der Waals surface area contributed by atoms with E-state index in [-0.39, 0.29) is 32.5 Å². The van der Waals surface area contributed by atoms with Crippen molar-refractivity contribution in [2.24, 2.45) is 0 Å². The van der Waals surface area contributed by atoms with E-state index in [1.54, 1.807) is 18.2 Å². The second-order valence-corrected chi connectivity index (χ2v) is 7.96. The maximum Gasteiger partial charge on any atom is 0.271 e. The van der Waals surface area contributed by atoms with Crippen molar-refractivity contribution in [2.75, 3.05) is 10.0 Å². The molecule has 3 aromatic carbocycles. The molecule has 3 aromatic rings. The zero-order valence-corrected chi connectivity index (χ0v) is 16.3. The average Bonchev–Trinajstić information content (AvgIpc) is 2.70. The Kier molecular flexibility index (Phi) is 5.81. The second kappa shape index (κ2) is 8.29. The van der Waals surface area contributed by atoms with Crippen LogP contribution in [-0.2, 0) is 10.0 Å². The van der Waals surface area contributed by atoms with Gasteiger partial charge in [-0.3, -0.25) is 19.6 Å². The number of benzene rings is 3. The molecule has 0 aliphatic carbocycles. The van der Waals surface area contributed by atoms with Gasteiger partial charge < -0.3 is 5.32 Å². The molecule has 148 valence electrons. The number of sulfonamides is 1. The zero-order chi connectivity index (χ0) is 21.0. The van der Waals surface area contributed by atoms with Crippen molar-refractivity contribution in [1.29, 1.82) is 0 Å². The van der Waals surface area contributed by atoms with Crippen molar-refractivity contribution in [2.45, 2.75) is 4.90 Å². The number of halogens is 1. The van der Waals surface area contributed by atoms with Crippen molar-refractivity contribution in [3.63, 3.8) is 0 Å². The van der Waals surface area contributed by atoms with Gasteiger partial charge >= 0.3 is 0 Å². The van der Waals surface area contributed by atoms with E-state index in [0.29, 0.717) is 0 Å². The molecule has 0 bridgehead atoms. The summed E-state index contributed by atoms with van der Waals surface area (Å²) in [6.07, 6.45) is 0. The number of nitro benzene ring substituents is 1. The van der Waals surface area contributed by atoms with Crippen LogP contribution in [0.4, 0.5) is 17.1 Å². The van der Waals surface area contributed by atoms with Gasteiger partial charge in [-0.15, -0.1) is 0 Å². The molecule has 0 fully saturated rings. The highest BCUT2D eigenvalue weighted by atomic mass is 35.5. The minimum Gasteiger partial charge on any atom is -0.322 e. The number of nitro groups is 1. The number of amides is 1. The van der Waals surface area contributed by atoms with Crippen molar-refractivity contribution in [3.05, 3.63) is 93.5 Å². The number of hydrogen-bond acceptors (Lipinski definition) is 5. The number of para-hydroxylation sites is 1.